The maximum absolute atomic E-state index is 10.0. The molecule has 0 saturated heterocycles. The highest BCUT2D eigenvalue weighted by Gasteiger charge is 2.46. The molecule has 2 fully saturated rings. The Morgan fingerprint density at radius 2 is 1.94 bits per heavy atom. The van der Waals surface area contributed by atoms with Gasteiger partial charge in [-0.2, -0.15) is 0 Å². The van der Waals surface area contributed by atoms with E-state index in [1.54, 1.807) is 0 Å². The zero-order valence-corrected chi connectivity index (χ0v) is 10.9. The smallest absolute Gasteiger partial charge is 0.0741 e. The van der Waals surface area contributed by atoms with Crippen LogP contribution in [0.4, 0.5) is 0 Å². The second-order valence-electron chi connectivity index (χ2n) is 6.25. The second kappa shape index (κ2) is 4.66. The third-order valence-corrected chi connectivity index (χ3v) is 5.01. The van der Waals surface area contributed by atoms with Crippen LogP contribution >= 0.6 is 0 Å². The second-order valence-corrected chi connectivity index (χ2v) is 6.25. The molecule has 2 nitrogen and oxygen atoms in total. The molecule has 0 aromatic rings. The van der Waals surface area contributed by atoms with Gasteiger partial charge in [-0.25, -0.2) is 0 Å². The molecule has 0 aromatic heterocycles. The van der Waals surface area contributed by atoms with Crippen LogP contribution in [0.1, 0.15) is 65.2 Å². The Bertz CT molecular complexity index is 231. The van der Waals surface area contributed by atoms with Crippen molar-refractivity contribution < 1.29 is 5.11 Å². The molecule has 0 bridgehead atoms. The molecule has 2 unspecified atom stereocenters. The predicted molar refractivity (Wildman–Crippen MR) is 67.5 cm³/mol. The lowest BCUT2D eigenvalue weighted by Gasteiger charge is -2.53. The monoisotopic (exact) mass is 225 g/mol. The van der Waals surface area contributed by atoms with Gasteiger partial charge in [-0.05, 0) is 44.4 Å². The van der Waals surface area contributed by atoms with E-state index in [4.69, 9.17) is 0 Å². The predicted octanol–water partition coefficient (Wildman–Crippen LogP) is 2.85. The molecule has 2 heteroatoms. The molecule has 2 atom stereocenters. The highest BCUT2D eigenvalue weighted by atomic mass is 16.3. The van der Waals surface area contributed by atoms with Gasteiger partial charge in [0.15, 0.2) is 0 Å². The minimum Gasteiger partial charge on any atom is -0.389 e. The zero-order chi connectivity index (χ0) is 11.6. The van der Waals surface area contributed by atoms with Crippen LogP contribution in [-0.2, 0) is 0 Å². The van der Waals surface area contributed by atoms with Crippen molar-refractivity contribution in [3.63, 3.8) is 0 Å². The molecule has 16 heavy (non-hydrogen) atoms. The molecule has 0 radical (unpaired) electrons. The molecule has 94 valence electrons. The Labute approximate surface area is 99.8 Å². The summed E-state index contributed by atoms with van der Waals surface area (Å²) in [6.07, 6.45) is 10.7. The summed E-state index contributed by atoms with van der Waals surface area (Å²) >= 11 is 0. The van der Waals surface area contributed by atoms with Gasteiger partial charge in [0, 0.05) is 12.6 Å². The molecular weight excluding hydrogens is 198 g/mol. The Kier molecular flexibility index (Phi) is 3.60. The van der Waals surface area contributed by atoms with E-state index >= 15 is 0 Å². The van der Waals surface area contributed by atoms with Crippen molar-refractivity contribution in [1.82, 2.24) is 5.32 Å². The van der Waals surface area contributed by atoms with Gasteiger partial charge in [-0.3, -0.25) is 0 Å². The van der Waals surface area contributed by atoms with Crippen LogP contribution in [0.2, 0.25) is 0 Å². The zero-order valence-electron chi connectivity index (χ0n) is 10.9. The maximum atomic E-state index is 10.0. The van der Waals surface area contributed by atoms with Gasteiger partial charge in [0.25, 0.3) is 0 Å². The van der Waals surface area contributed by atoms with Crippen LogP contribution in [0.15, 0.2) is 0 Å². The first-order valence-electron chi connectivity index (χ1n) is 7.04. The van der Waals surface area contributed by atoms with Crippen molar-refractivity contribution in [2.24, 2.45) is 5.41 Å². The van der Waals surface area contributed by atoms with Crippen LogP contribution in [0.25, 0.3) is 0 Å². The Hall–Kier alpha value is -0.0800. The van der Waals surface area contributed by atoms with E-state index in [1.807, 2.05) is 6.92 Å². The quantitative estimate of drug-likeness (QED) is 0.771. The van der Waals surface area contributed by atoms with E-state index in [0.29, 0.717) is 11.5 Å². The van der Waals surface area contributed by atoms with Crippen LogP contribution in [-0.4, -0.2) is 23.3 Å². The van der Waals surface area contributed by atoms with E-state index in [0.717, 1.165) is 13.0 Å². The first kappa shape index (κ1) is 12.4. The Balaban J connectivity index is 1.82. The molecule has 0 aliphatic heterocycles. The van der Waals surface area contributed by atoms with Gasteiger partial charge >= 0.3 is 0 Å². The highest BCUT2D eigenvalue weighted by Crippen LogP contribution is 2.51. The van der Waals surface area contributed by atoms with Crippen LogP contribution in [0.3, 0.4) is 0 Å². The summed E-state index contributed by atoms with van der Waals surface area (Å²) in [5.41, 5.74) is 0.0908. The summed E-state index contributed by atoms with van der Waals surface area (Å²) in [4.78, 5) is 0. The highest BCUT2D eigenvalue weighted by molar-refractivity contribution is 5.02. The fourth-order valence-corrected chi connectivity index (χ4v) is 3.34. The van der Waals surface area contributed by atoms with Crippen molar-refractivity contribution in [1.29, 1.82) is 0 Å². The van der Waals surface area contributed by atoms with Gasteiger partial charge in [0.1, 0.15) is 0 Å². The average Bonchev–Trinajstić information content (AvgIpc) is 2.29. The van der Waals surface area contributed by atoms with Crippen molar-refractivity contribution >= 4 is 0 Å². The van der Waals surface area contributed by atoms with Crippen LogP contribution in [0, 0.1) is 5.41 Å². The molecule has 0 heterocycles. The standard InChI is InChI=1S/C14H27NO/c1-3-13(2,16)11-15-12-7-10-14(12)8-5-4-6-9-14/h12,15-16H,3-11H2,1-2H3. The lowest BCUT2D eigenvalue weighted by Crippen LogP contribution is -2.57. The third-order valence-electron chi connectivity index (χ3n) is 5.01. The number of rotatable bonds is 4. The van der Waals surface area contributed by atoms with E-state index in [1.165, 1.54) is 44.9 Å². The lowest BCUT2D eigenvalue weighted by atomic mass is 9.57. The van der Waals surface area contributed by atoms with Crippen LogP contribution < -0.4 is 5.32 Å². The maximum Gasteiger partial charge on any atom is 0.0741 e. The van der Waals surface area contributed by atoms with Crippen molar-refractivity contribution in [2.45, 2.75) is 76.9 Å². The van der Waals surface area contributed by atoms with E-state index < -0.39 is 5.60 Å². The molecule has 2 aliphatic rings. The normalized spacial score (nSPS) is 32.1. The topological polar surface area (TPSA) is 32.3 Å². The number of nitrogens with one attached hydrogen (secondary N) is 1. The summed E-state index contributed by atoms with van der Waals surface area (Å²) in [6.45, 7) is 4.75. The van der Waals surface area contributed by atoms with Crippen molar-refractivity contribution in [3.05, 3.63) is 0 Å². The van der Waals surface area contributed by atoms with Crippen molar-refractivity contribution in [3.8, 4) is 0 Å². The number of aliphatic hydroxyl groups is 1. The molecular formula is C14H27NO. The molecule has 0 aromatic carbocycles. The average molecular weight is 225 g/mol. The first-order chi connectivity index (χ1) is 7.58. The van der Waals surface area contributed by atoms with Gasteiger partial charge in [0.05, 0.1) is 5.60 Å². The summed E-state index contributed by atoms with van der Waals surface area (Å²) in [7, 11) is 0. The third kappa shape index (κ3) is 2.43. The summed E-state index contributed by atoms with van der Waals surface area (Å²) in [5, 5.41) is 13.6. The van der Waals surface area contributed by atoms with E-state index in [-0.39, 0.29) is 0 Å². The minimum atomic E-state index is -0.522. The molecule has 2 N–H and O–H groups in total. The van der Waals surface area contributed by atoms with Gasteiger partial charge in [-0.1, -0.05) is 26.2 Å². The van der Waals surface area contributed by atoms with Gasteiger partial charge in [-0.15, -0.1) is 0 Å². The SMILES string of the molecule is CCC(C)(O)CNC1CCC12CCCCC2. The molecule has 0 amide bonds. The largest absolute Gasteiger partial charge is 0.389 e. The number of hydrogen-bond acceptors (Lipinski definition) is 2. The van der Waals surface area contributed by atoms with E-state index in [9.17, 15) is 5.11 Å². The fourth-order valence-electron chi connectivity index (χ4n) is 3.34. The Morgan fingerprint density at radius 3 is 2.44 bits per heavy atom. The Morgan fingerprint density at radius 1 is 1.25 bits per heavy atom. The molecule has 2 aliphatic carbocycles. The van der Waals surface area contributed by atoms with Crippen LogP contribution in [0.5, 0.6) is 0 Å². The van der Waals surface area contributed by atoms with Crippen molar-refractivity contribution in [2.75, 3.05) is 6.54 Å². The molecule has 2 saturated carbocycles. The van der Waals surface area contributed by atoms with E-state index in [2.05, 4.69) is 12.2 Å². The summed E-state index contributed by atoms with van der Waals surface area (Å²) in [5.74, 6) is 0. The van der Waals surface area contributed by atoms with Gasteiger partial charge in [0.2, 0.25) is 0 Å². The summed E-state index contributed by atoms with van der Waals surface area (Å²) < 4.78 is 0. The molecule has 1 spiro atoms. The minimum absolute atomic E-state index is 0.522. The lowest BCUT2D eigenvalue weighted by molar-refractivity contribution is -0.00336. The summed E-state index contributed by atoms with van der Waals surface area (Å²) in [6, 6.07) is 0.686. The first-order valence-corrected chi connectivity index (χ1v) is 7.04. The van der Waals surface area contributed by atoms with Gasteiger partial charge < -0.3 is 10.4 Å². The molecule has 2 rings (SSSR count). The number of hydrogen-bond donors (Lipinski definition) is 2. The fraction of sp³-hybridized carbons (Fsp3) is 1.00.